The van der Waals surface area contributed by atoms with Crippen LogP contribution in [0.3, 0.4) is 0 Å². The van der Waals surface area contributed by atoms with Gasteiger partial charge in [0.2, 0.25) is 0 Å². The van der Waals surface area contributed by atoms with Gasteiger partial charge in [0.05, 0.1) is 6.10 Å². The number of aliphatic hydroxyl groups is 1. The zero-order chi connectivity index (χ0) is 21.0. The lowest BCUT2D eigenvalue weighted by Gasteiger charge is -2.62. The molecular formula is C27H46O2. The van der Waals surface area contributed by atoms with Gasteiger partial charge in [-0.1, -0.05) is 53.9 Å². The average molecular weight is 403 g/mol. The summed E-state index contributed by atoms with van der Waals surface area (Å²) in [6.45, 7) is 12.3. The van der Waals surface area contributed by atoms with Crippen molar-refractivity contribution in [2.24, 2.45) is 52.3 Å². The van der Waals surface area contributed by atoms with Gasteiger partial charge in [0.15, 0.2) is 0 Å². The van der Waals surface area contributed by atoms with Gasteiger partial charge in [-0.15, -0.1) is 0 Å². The summed E-state index contributed by atoms with van der Waals surface area (Å²) < 4.78 is 0. The number of carbonyl (C=O) groups is 1. The minimum atomic E-state index is -0.177. The van der Waals surface area contributed by atoms with Crippen LogP contribution in [0, 0.1) is 52.3 Å². The van der Waals surface area contributed by atoms with Crippen molar-refractivity contribution in [2.75, 3.05) is 0 Å². The number of hydrogen-bond acceptors (Lipinski definition) is 2. The molecule has 0 aliphatic heterocycles. The first kappa shape index (κ1) is 21.8. The van der Waals surface area contributed by atoms with E-state index in [1.54, 1.807) is 0 Å². The van der Waals surface area contributed by atoms with Crippen molar-refractivity contribution >= 4 is 5.78 Å². The van der Waals surface area contributed by atoms with Crippen LogP contribution in [0.5, 0.6) is 0 Å². The summed E-state index contributed by atoms with van der Waals surface area (Å²) in [4.78, 5) is 12.1. The minimum absolute atomic E-state index is 0.177. The summed E-state index contributed by atoms with van der Waals surface area (Å²) in [6, 6.07) is 0. The molecule has 1 N–H and O–H groups in total. The Hall–Kier alpha value is -0.370. The number of fused-ring (bicyclic) bond motifs is 5. The maximum atomic E-state index is 12.1. The second kappa shape index (κ2) is 7.95. The Bertz CT molecular complexity index is 612. The number of aliphatic hydroxyl groups excluding tert-OH is 1. The molecule has 0 aromatic heterocycles. The standard InChI is InChI=1S/C27H46O2/c1-17(2)7-6-8-18(3)21-9-10-22-25-23(12-14-27(21,22)5)26(4)13-11-20(28)15-19(26)16-24(25)29/h17-19,21-25,29H,6-16H2,1-5H3/t18-,19?,21-,22+,23+,24?,25+,26+,27-/m1/s1. The van der Waals surface area contributed by atoms with Crippen LogP contribution in [0.15, 0.2) is 0 Å². The summed E-state index contributed by atoms with van der Waals surface area (Å²) in [5.74, 6) is 5.16. The molecule has 0 radical (unpaired) electrons. The van der Waals surface area contributed by atoms with Gasteiger partial charge in [-0.05, 0) is 90.8 Å². The Balaban J connectivity index is 1.51. The van der Waals surface area contributed by atoms with E-state index in [0.717, 1.165) is 43.4 Å². The van der Waals surface area contributed by atoms with Gasteiger partial charge < -0.3 is 5.11 Å². The number of ketones is 1. The summed E-state index contributed by atoms with van der Waals surface area (Å²) in [7, 11) is 0. The highest BCUT2D eigenvalue weighted by Crippen LogP contribution is 2.68. The van der Waals surface area contributed by atoms with E-state index in [4.69, 9.17) is 0 Å². The summed E-state index contributed by atoms with van der Waals surface area (Å²) in [6.07, 6.45) is 12.7. The predicted octanol–water partition coefficient (Wildman–Crippen LogP) is 6.65. The Morgan fingerprint density at radius 2 is 1.72 bits per heavy atom. The zero-order valence-corrected chi connectivity index (χ0v) is 19.8. The fourth-order valence-corrected chi connectivity index (χ4v) is 9.04. The van der Waals surface area contributed by atoms with Gasteiger partial charge in [0.1, 0.15) is 5.78 Å². The van der Waals surface area contributed by atoms with E-state index in [0.29, 0.717) is 40.3 Å². The van der Waals surface area contributed by atoms with Crippen LogP contribution in [-0.4, -0.2) is 17.0 Å². The highest BCUT2D eigenvalue weighted by Gasteiger charge is 2.62. The third-order valence-corrected chi connectivity index (χ3v) is 10.7. The molecule has 4 aliphatic carbocycles. The van der Waals surface area contributed by atoms with Crippen molar-refractivity contribution in [3.63, 3.8) is 0 Å². The number of carbonyl (C=O) groups excluding carboxylic acids is 1. The molecule has 9 atom stereocenters. The number of Topliss-reactive ketones (excluding diaryl/α,β-unsaturated/α-hetero) is 1. The summed E-state index contributed by atoms with van der Waals surface area (Å²) in [5.41, 5.74) is 0.715. The molecule has 0 saturated heterocycles. The molecule has 4 saturated carbocycles. The van der Waals surface area contributed by atoms with E-state index in [1.165, 1.54) is 44.9 Å². The largest absolute Gasteiger partial charge is 0.393 e. The molecule has 2 nitrogen and oxygen atoms in total. The lowest BCUT2D eigenvalue weighted by molar-refractivity contribution is -0.168. The maximum absolute atomic E-state index is 12.1. The van der Waals surface area contributed by atoms with Crippen molar-refractivity contribution in [2.45, 2.75) is 111 Å². The SMILES string of the molecule is CC(C)CCC[C@@H](C)[C@H]1CC[C@H]2[C@@H]3C(O)CC4CC(=O)CC[C@]4(C)[C@H]3CC[C@]12C. The van der Waals surface area contributed by atoms with Crippen LogP contribution in [0.4, 0.5) is 0 Å². The molecule has 166 valence electrons. The second-order valence-electron chi connectivity index (χ2n) is 12.6. The molecule has 2 unspecified atom stereocenters. The van der Waals surface area contributed by atoms with E-state index in [-0.39, 0.29) is 6.10 Å². The Labute approximate surface area is 179 Å². The normalized spacial score (nSPS) is 48.2. The van der Waals surface area contributed by atoms with Crippen LogP contribution in [0.2, 0.25) is 0 Å². The van der Waals surface area contributed by atoms with Crippen molar-refractivity contribution in [3.8, 4) is 0 Å². The first-order valence-corrected chi connectivity index (χ1v) is 12.9. The van der Waals surface area contributed by atoms with Crippen molar-refractivity contribution in [1.29, 1.82) is 0 Å². The Kier molecular flexibility index (Phi) is 5.99. The summed E-state index contributed by atoms with van der Waals surface area (Å²) in [5, 5.41) is 11.3. The van der Waals surface area contributed by atoms with E-state index in [9.17, 15) is 9.90 Å². The van der Waals surface area contributed by atoms with Crippen molar-refractivity contribution in [3.05, 3.63) is 0 Å². The molecule has 0 spiro atoms. The van der Waals surface area contributed by atoms with Crippen LogP contribution < -0.4 is 0 Å². The van der Waals surface area contributed by atoms with E-state index in [2.05, 4.69) is 34.6 Å². The van der Waals surface area contributed by atoms with Crippen LogP contribution in [-0.2, 0) is 4.79 Å². The summed E-state index contributed by atoms with van der Waals surface area (Å²) >= 11 is 0. The molecule has 0 bridgehead atoms. The predicted molar refractivity (Wildman–Crippen MR) is 119 cm³/mol. The number of hydrogen-bond donors (Lipinski definition) is 1. The molecule has 4 fully saturated rings. The molecule has 4 rings (SSSR count). The molecule has 0 heterocycles. The van der Waals surface area contributed by atoms with Gasteiger partial charge >= 0.3 is 0 Å². The van der Waals surface area contributed by atoms with Crippen molar-refractivity contribution in [1.82, 2.24) is 0 Å². The molecular weight excluding hydrogens is 356 g/mol. The maximum Gasteiger partial charge on any atom is 0.133 e. The fraction of sp³-hybridized carbons (Fsp3) is 0.963. The topological polar surface area (TPSA) is 37.3 Å². The zero-order valence-electron chi connectivity index (χ0n) is 19.8. The van der Waals surface area contributed by atoms with Crippen LogP contribution in [0.1, 0.15) is 105 Å². The lowest BCUT2D eigenvalue weighted by Crippen LogP contribution is -2.58. The minimum Gasteiger partial charge on any atom is -0.393 e. The third kappa shape index (κ3) is 3.64. The Morgan fingerprint density at radius 1 is 1.00 bits per heavy atom. The monoisotopic (exact) mass is 402 g/mol. The molecule has 29 heavy (non-hydrogen) atoms. The number of rotatable bonds is 5. The first-order valence-electron chi connectivity index (χ1n) is 12.9. The van der Waals surface area contributed by atoms with Gasteiger partial charge in [0.25, 0.3) is 0 Å². The van der Waals surface area contributed by atoms with E-state index >= 15 is 0 Å². The molecule has 0 amide bonds. The highest BCUT2D eigenvalue weighted by atomic mass is 16.3. The Morgan fingerprint density at radius 3 is 2.45 bits per heavy atom. The smallest absolute Gasteiger partial charge is 0.133 e. The molecule has 0 aromatic carbocycles. The average Bonchev–Trinajstić information content (AvgIpc) is 3.00. The quantitative estimate of drug-likeness (QED) is 0.559. The van der Waals surface area contributed by atoms with E-state index < -0.39 is 0 Å². The van der Waals surface area contributed by atoms with Crippen LogP contribution >= 0.6 is 0 Å². The van der Waals surface area contributed by atoms with Gasteiger partial charge in [-0.25, -0.2) is 0 Å². The van der Waals surface area contributed by atoms with Gasteiger partial charge in [-0.2, -0.15) is 0 Å². The first-order chi connectivity index (χ1) is 13.7. The van der Waals surface area contributed by atoms with Gasteiger partial charge in [0, 0.05) is 12.8 Å². The highest BCUT2D eigenvalue weighted by molar-refractivity contribution is 5.79. The van der Waals surface area contributed by atoms with Gasteiger partial charge in [-0.3, -0.25) is 4.79 Å². The fourth-order valence-electron chi connectivity index (χ4n) is 9.04. The van der Waals surface area contributed by atoms with Crippen LogP contribution in [0.25, 0.3) is 0 Å². The molecule has 4 aliphatic rings. The van der Waals surface area contributed by atoms with E-state index in [1.807, 2.05) is 0 Å². The second-order valence-corrected chi connectivity index (χ2v) is 12.6. The molecule has 2 heteroatoms. The molecule has 0 aromatic rings. The lowest BCUT2D eigenvalue weighted by atomic mass is 9.44. The van der Waals surface area contributed by atoms with Crippen molar-refractivity contribution < 1.29 is 9.90 Å². The third-order valence-electron chi connectivity index (χ3n) is 10.7.